The van der Waals surface area contributed by atoms with Gasteiger partial charge in [-0.1, -0.05) is 0 Å². The Morgan fingerprint density at radius 3 is 2.26 bits per heavy atom. The summed E-state index contributed by atoms with van der Waals surface area (Å²) in [6.45, 7) is -0.561. The second-order valence-electron chi connectivity index (χ2n) is 8.25. The van der Waals surface area contributed by atoms with Crippen LogP contribution in [-0.2, 0) is 11.8 Å². The number of aryl methyl sites for hydroxylation is 1. The minimum Gasteiger partial charge on any atom is -0.494 e. The number of hydrogen-bond acceptors (Lipinski definition) is 10. The van der Waals surface area contributed by atoms with Crippen molar-refractivity contribution in [1.82, 2.24) is 9.78 Å². The topological polar surface area (TPSA) is 160 Å². The molecule has 0 fully saturated rings. The van der Waals surface area contributed by atoms with Crippen molar-refractivity contribution in [2.75, 3.05) is 40.4 Å². The van der Waals surface area contributed by atoms with Gasteiger partial charge < -0.3 is 39.5 Å². The van der Waals surface area contributed by atoms with Crippen LogP contribution in [0.2, 0.25) is 0 Å². The number of methoxy groups -OCH3 is 4. The number of rotatable bonds is 10. The summed E-state index contributed by atoms with van der Waals surface area (Å²) in [6, 6.07) is 5.16. The van der Waals surface area contributed by atoms with Crippen LogP contribution < -0.4 is 30.0 Å². The first-order chi connectivity index (χ1) is 18.3. The van der Waals surface area contributed by atoms with Crippen LogP contribution in [0.5, 0.6) is 23.0 Å². The molecule has 2 aromatic carbocycles. The van der Waals surface area contributed by atoms with Crippen molar-refractivity contribution in [3.63, 3.8) is 0 Å². The molecule has 0 aliphatic rings. The molecule has 12 nitrogen and oxygen atoms in total. The zero-order valence-electron chi connectivity index (χ0n) is 21.5. The van der Waals surface area contributed by atoms with E-state index >= 15 is 0 Å². The molecule has 200 valence electrons. The van der Waals surface area contributed by atoms with E-state index in [-0.39, 0.29) is 33.9 Å². The molecule has 12 heteroatoms. The number of aliphatic hydroxyl groups is 1. The van der Waals surface area contributed by atoms with Gasteiger partial charge in [0.2, 0.25) is 11.7 Å². The van der Waals surface area contributed by atoms with Crippen LogP contribution >= 0.6 is 0 Å². The number of nitrogens with two attached hydrogens (primary N) is 1. The summed E-state index contributed by atoms with van der Waals surface area (Å²) in [7, 11) is 7.54. The zero-order chi connectivity index (χ0) is 27.6. The number of aliphatic hydroxyl groups excluding tert-OH is 1. The number of hydrogen-bond donors (Lipinski definition) is 3. The van der Waals surface area contributed by atoms with Crippen molar-refractivity contribution >= 4 is 28.3 Å². The Morgan fingerprint density at radius 2 is 1.74 bits per heavy atom. The van der Waals surface area contributed by atoms with E-state index in [0.717, 1.165) is 0 Å². The number of fused-ring (bicyclic) bond motifs is 1. The molecule has 1 amide bonds. The Bertz CT molecular complexity index is 1480. The van der Waals surface area contributed by atoms with Gasteiger partial charge in [0.1, 0.15) is 23.2 Å². The normalized spacial score (nSPS) is 11.8. The third-order valence-electron chi connectivity index (χ3n) is 5.94. The second kappa shape index (κ2) is 10.8. The van der Waals surface area contributed by atoms with Gasteiger partial charge in [-0.05, 0) is 24.3 Å². The zero-order valence-corrected chi connectivity index (χ0v) is 21.5. The average Bonchev–Trinajstić information content (AvgIpc) is 3.54. The van der Waals surface area contributed by atoms with Gasteiger partial charge in [-0.3, -0.25) is 14.3 Å². The quantitative estimate of drug-likeness (QED) is 0.263. The van der Waals surface area contributed by atoms with E-state index in [4.69, 9.17) is 29.1 Å². The molecule has 38 heavy (non-hydrogen) atoms. The number of nitrogens with zero attached hydrogens (tertiary/aromatic N) is 2. The fraction of sp³-hybridized carbons (Fsp3) is 0.269. The molecule has 4 N–H and O–H groups in total. The van der Waals surface area contributed by atoms with Crippen molar-refractivity contribution in [1.29, 1.82) is 0 Å². The van der Waals surface area contributed by atoms with Gasteiger partial charge in [0.25, 0.3) is 0 Å². The minimum absolute atomic E-state index is 0.160. The summed E-state index contributed by atoms with van der Waals surface area (Å²) in [5, 5.41) is 16.6. The molecule has 4 aromatic rings. The highest BCUT2D eigenvalue weighted by Crippen LogP contribution is 2.44. The SMILES string of the molecule is COc1cc(C(=O)c2c(-c3cnn(C)c3)oc3c(NC(=O)C(N)CO)c(OC)ccc23)cc(OC)c1OC. The van der Waals surface area contributed by atoms with E-state index in [1.54, 1.807) is 48.4 Å². The van der Waals surface area contributed by atoms with Gasteiger partial charge in [0.15, 0.2) is 22.9 Å². The average molecular weight is 525 g/mol. The van der Waals surface area contributed by atoms with Crippen LogP contribution in [0.3, 0.4) is 0 Å². The van der Waals surface area contributed by atoms with E-state index in [1.165, 1.54) is 28.4 Å². The second-order valence-corrected chi connectivity index (χ2v) is 8.25. The highest BCUT2D eigenvalue weighted by molar-refractivity contribution is 6.22. The Balaban J connectivity index is 1.99. The molecule has 0 saturated carbocycles. The molecule has 2 heterocycles. The number of furan rings is 1. The maximum absolute atomic E-state index is 14.1. The number of nitrogens with one attached hydrogen (secondary N) is 1. The summed E-state index contributed by atoms with van der Waals surface area (Å²) >= 11 is 0. The number of aromatic nitrogens is 2. The van der Waals surface area contributed by atoms with E-state index in [0.29, 0.717) is 28.2 Å². The molecule has 0 aliphatic heterocycles. The number of anilines is 1. The lowest BCUT2D eigenvalue weighted by Crippen LogP contribution is -2.38. The molecular weight excluding hydrogens is 496 g/mol. The van der Waals surface area contributed by atoms with E-state index in [9.17, 15) is 14.7 Å². The van der Waals surface area contributed by atoms with E-state index in [1.807, 2.05) is 0 Å². The number of amides is 1. The molecule has 1 atom stereocenters. The van der Waals surface area contributed by atoms with Gasteiger partial charge >= 0.3 is 0 Å². The number of carbonyl (C=O) groups excluding carboxylic acids is 2. The van der Waals surface area contributed by atoms with Crippen LogP contribution in [0.15, 0.2) is 41.1 Å². The van der Waals surface area contributed by atoms with Crippen molar-refractivity contribution in [3.8, 4) is 34.3 Å². The molecular formula is C26H28N4O8. The summed E-state index contributed by atoms with van der Waals surface area (Å²) in [4.78, 5) is 26.7. The van der Waals surface area contributed by atoms with Gasteiger partial charge in [-0.2, -0.15) is 5.10 Å². The van der Waals surface area contributed by atoms with Crippen LogP contribution in [0.1, 0.15) is 15.9 Å². The Morgan fingerprint density at radius 1 is 1.08 bits per heavy atom. The number of benzene rings is 2. The van der Waals surface area contributed by atoms with Gasteiger partial charge in [-0.15, -0.1) is 0 Å². The summed E-state index contributed by atoms with van der Waals surface area (Å²) in [6.07, 6.45) is 3.25. The number of carbonyl (C=O) groups is 2. The summed E-state index contributed by atoms with van der Waals surface area (Å²) < 4.78 is 29.5. The lowest BCUT2D eigenvalue weighted by atomic mass is 9.97. The van der Waals surface area contributed by atoms with Crippen LogP contribution in [0, 0.1) is 0 Å². The van der Waals surface area contributed by atoms with Gasteiger partial charge in [-0.25, -0.2) is 0 Å². The molecule has 1 unspecified atom stereocenters. The van der Waals surface area contributed by atoms with Crippen molar-refractivity contribution in [2.45, 2.75) is 6.04 Å². The fourth-order valence-corrected chi connectivity index (χ4v) is 4.05. The maximum atomic E-state index is 14.1. The molecule has 2 aromatic heterocycles. The maximum Gasteiger partial charge on any atom is 0.243 e. The summed E-state index contributed by atoms with van der Waals surface area (Å²) in [5.41, 5.74) is 7.03. The van der Waals surface area contributed by atoms with E-state index < -0.39 is 24.3 Å². The third kappa shape index (κ3) is 4.62. The monoisotopic (exact) mass is 524 g/mol. The fourth-order valence-electron chi connectivity index (χ4n) is 4.05. The smallest absolute Gasteiger partial charge is 0.243 e. The number of ketones is 1. The van der Waals surface area contributed by atoms with Crippen LogP contribution in [-0.4, -0.2) is 67.7 Å². The van der Waals surface area contributed by atoms with Gasteiger partial charge in [0.05, 0.1) is 52.4 Å². The van der Waals surface area contributed by atoms with E-state index in [2.05, 4.69) is 10.4 Å². The first-order valence-corrected chi connectivity index (χ1v) is 11.4. The minimum atomic E-state index is -1.18. The predicted octanol–water partition coefficient (Wildman–Crippen LogP) is 2.36. The molecule has 4 rings (SSSR count). The standard InChI is InChI=1S/C26H28N4O8/c1-30-11-14(10-28-30)23-20(22(32)13-8-18(35-3)25(37-5)19(9-13)36-4)15-6-7-17(34-2)21(24(15)38-23)29-26(33)16(27)12-31/h6-11,16,31H,12,27H2,1-5H3,(H,29,33). The largest absolute Gasteiger partial charge is 0.494 e. The van der Waals surface area contributed by atoms with Crippen LogP contribution in [0.4, 0.5) is 5.69 Å². The molecule has 0 aliphatic carbocycles. The Kier molecular flexibility index (Phi) is 7.55. The highest BCUT2D eigenvalue weighted by atomic mass is 16.5. The predicted molar refractivity (Wildman–Crippen MR) is 138 cm³/mol. The molecule has 0 bridgehead atoms. The Hall–Kier alpha value is -4.55. The van der Waals surface area contributed by atoms with Crippen molar-refractivity contribution in [3.05, 3.63) is 47.8 Å². The third-order valence-corrected chi connectivity index (χ3v) is 5.94. The molecule has 0 radical (unpaired) electrons. The van der Waals surface area contributed by atoms with Crippen LogP contribution in [0.25, 0.3) is 22.3 Å². The first-order valence-electron chi connectivity index (χ1n) is 11.4. The lowest BCUT2D eigenvalue weighted by Gasteiger charge is -2.14. The highest BCUT2D eigenvalue weighted by Gasteiger charge is 2.29. The Labute approximate surface area is 217 Å². The first kappa shape index (κ1) is 26.5. The van der Waals surface area contributed by atoms with Crippen molar-refractivity contribution < 1.29 is 38.1 Å². The van der Waals surface area contributed by atoms with Crippen molar-refractivity contribution in [2.24, 2.45) is 12.8 Å². The van der Waals surface area contributed by atoms with Gasteiger partial charge in [0, 0.05) is 24.2 Å². The molecule has 0 spiro atoms. The number of ether oxygens (including phenoxy) is 4. The summed E-state index contributed by atoms with van der Waals surface area (Å²) in [5.74, 6) is 0.380. The molecule has 0 saturated heterocycles. The lowest BCUT2D eigenvalue weighted by molar-refractivity contribution is -0.118.